The van der Waals surface area contributed by atoms with Crippen LogP contribution in [-0.4, -0.2) is 34.6 Å². The summed E-state index contributed by atoms with van der Waals surface area (Å²) in [6.07, 6.45) is -1.18. The molecule has 0 spiro atoms. The lowest BCUT2D eigenvalue weighted by molar-refractivity contribution is -0.123. The molecule has 0 bridgehead atoms. The molecule has 1 unspecified atom stereocenters. The average molecular weight is 574 g/mol. The number of rotatable bonds is 7. The van der Waals surface area contributed by atoms with Gasteiger partial charge in [-0.25, -0.2) is 9.78 Å². The number of methoxy groups -OCH3 is 1. The van der Waals surface area contributed by atoms with Gasteiger partial charge in [-0.3, -0.25) is 14.9 Å². The molecule has 0 saturated heterocycles. The number of carbonyl (C=O) groups is 2. The number of nitrogens with one attached hydrogen (secondary N) is 1. The number of carbonyl (C=O) groups excluding carboxylic acids is 2. The SMILES string of the molecule is COc1ccccc1-c1csc(NC(=O)C(C)OC(=O)c2c(-c3ccc(Cl)cc3)c3ccccc3c(=O)n2C)n1. The molecular formula is C30H24ClN3O5S. The third-order valence-electron chi connectivity index (χ3n) is 6.40. The minimum atomic E-state index is -1.18. The first-order valence-corrected chi connectivity index (χ1v) is 13.5. The molecule has 0 saturated carbocycles. The van der Waals surface area contributed by atoms with E-state index in [1.807, 2.05) is 24.3 Å². The van der Waals surface area contributed by atoms with Gasteiger partial charge in [0.1, 0.15) is 11.4 Å². The number of fused-ring (bicyclic) bond motifs is 1. The zero-order valence-electron chi connectivity index (χ0n) is 21.8. The summed E-state index contributed by atoms with van der Waals surface area (Å²) in [5, 5.41) is 6.41. The van der Waals surface area contributed by atoms with E-state index in [2.05, 4.69) is 10.3 Å². The number of nitrogens with zero attached hydrogens (tertiary/aromatic N) is 2. The molecule has 2 aromatic heterocycles. The standard InChI is InChI=1S/C30H24ClN3O5S/c1-17(27(35)33-30-32-23(16-40-30)22-10-6-7-11-24(22)38-3)39-29(37)26-25(18-12-14-19(31)15-13-18)20-8-4-5-9-21(20)28(36)34(26)2/h4-17H,1-3H3,(H,32,33,35). The normalized spacial score (nSPS) is 11.7. The van der Waals surface area contributed by atoms with Crippen molar-refractivity contribution in [1.29, 1.82) is 0 Å². The summed E-state index contributed by atoms with van der Waals surface area (Å²) in [7, 11) is 3.08. The Bertz CT molecular complexity index is 1800. The molecule has 0 radical (unpaired) electrons. The Morgan fingerprint density at radius 1 is 1.00 bits per heavy atom. The molecule has 0 aliphatic carbocycles. The first-order chi connectivity index (χ1) is 19.3. The maximum atomic E-state index is 13.5. The fraction of sp³-hybridized carbons (Fsp3) is 0.133. The van der Waals surface area contributed by atoms with E-state index in [0.29, 0.717) is 43.5 Å². The maximum Gasteiger partial charge on any atom is 0.356 e. The van der Waals surface area contributed by atoms with Crippen LogP contribution >= 0.6 is 22.9 Å². The summed E-state index contributed by atoms with van der Waals surface area (Å²) in [4.78, 5) is 44.1. The lowest BCUT2D eigenvalue weighted by atomic mass is 9.96. The van der Waals surface area contributed by atoms with Gasteiger partial charge in [0.05, 0.1) is 12.8 Å². The van der Waals surface area contributed by atoms with Crippen LogP contribution in [0.3, 0.4) is 0 Å². The van der Waals surface area contributed by atoms with Gasteiger partial charge >= 0.3 is 5.97 Å². The third kappa shape index (κ3) is 5.21. The highest BCUT2D eigenvalue weighted by Crippen LogP contribution is 2.33. The number of esters is 1. The van der Waals surface area contributed by atoms with Crippen molar-refractivity contribution >= 4 is 50.7 Å². The maximum absolute atomic E-state index is 13.5. The number of aromatic nitrogens is 2. The van der Waals surface area contributed by atoms with Crippen LogP contribution in [0.15, 0.2) is 83.0 Å². The van der Waals surface area contributed by atoms with Crippen molar-refractivity contribution in [2.75, 3.05) is 12.4 Å². The molecule has 1 atom stereocenters. The number of pyridine rings is 1. The summed E-state index contributed by atoms with van der Waals surface area (Å²) in [6, 6.07) is 21.4. The number of thiazole rings is 1. The topological polar surface area (TPSA) is 99.5 Å². The Balaban J connectivity index is 1.42. The van der Waals surface area contributed by atoms with Gasteiger partial charge in [-0.2, -0.15) is 0 Å². The van der Waals surface area contributed by atoms with E-state index < -0.39 is 18.0 Å². The molecule has 0 aliphatic heterocycles. The molecular weight excluding hydrogens is 550 g/mol. The molecule has 5 aromatic rings. The molecule has 10 heteroatoms. The van der Waals surface area contributed by atoms with Crippen LogP contribution < -0.4 is 15.6 Å². The summed E-state index contributed by atoms with van der Waals surface area (Å²) in [6.45, 7) is 1.46. The van der Waals surface area contributed by atoms with Crippen LogP contribution in [0.4, 0.5) is 5.13 Å². The molecule has 1 N–H and O–H groups in total. The van der Waals surface area contributed by atoms with Crippen LogP contribution in [0.2, 0.25) is 5.02 Å². The van der Waals surface area contributed by atoms with E-state index >= 15 is 0 Å². The summed E-state index contributed by atoms with van der Waals surface area (Å²) in [5.74, 6) is -0.717. The fourth-order valence-electron chi connectivity index (χ4n) is 4.40. The number of anilines is 1. The van der Waals surface area contributed by atoms with Crippen LogP contribution in [0.1, 0.15) is 17.4 Å². The van der Waals surface area contributed by atoms with Gasteiger partial charge in [0.15, 0.2) is 11.2 Å². The number of hydrogen-bond donors (Lipinski definition) is 1. The average Bonchev–Trinajstić information content (AvgIpc) is 3.43. The Morgan fingerprint density at radius 3 is 2.40 bits per heavy atom. The van der Waals surface area contributed by atoms with E-state index in [-0.39, 0.29) is 11.3 Å². The molecule has 0 aliphatic rings. The first kappa shape index (κ1) is 27.1. The molecule has 0 fully saturated rings. The largest absolute Gasteiger partial charge is 0.496 e. The van der Waals surface area contributed by atoms with Crippen LogP contribution in [-0.2, 0) is 16.6 Å². The summed E-state index contributed by atoms with van der Waals surface area (Å²) < 4.78 is 12.2. The number of benzene rings is 3. The van der Waals surface area contributed by atoms with E-state index in [9.17, 15) is 14.4 Å². The van der Waals surface area contributed by atoms with Crippen molar-refractivity contribution in [3.05, 3.63) is 99.2 Å². The van der Waals surface area contributed by atoms with Gasteiger partial charge in [0.2, 0.25) is 0 Å². The highest BCUT2D eigenvalue weighted by Gasteiger charge is 2.27. The van der Waals surface area contributed by atoms with E-state index in [0.717, 1.165) is 5.56 Å². The summed E-state index contributed by atoms with van der Waals surface area (Å²) in [5.41, 5.74) is 2.28. The van der Waals surface area contributed by atoms with Crippen molar-refractivity contribution in [3.8, 4) is 28.1 Å². The second-order valence-electron chi connectivity index (χ2n) is 8.92. The molecule has 40 heavy (non-hydrogen) atoms. The molecule has 202 valence electrons. The lowest BCUT2D eigenvalue weighted by Gasteiger charge is -2.18. The summed E-state index contributed by atoms with van der Waals surface area (Å²) >= 11 is 7.33. The smallest absolute Gasteiger partial charge is 0.356 e. The van der Waals surface area contributed by atoms with E-state index in [1.165, 1.54) is 29.9 Å². The Labute approximate surface area is 238 Å². The Hall–Kier alpha value is -4.47. The zero-order chi connectivity index (χ0) is 28.4. The van der Waals surface area contributed by atoms with Gasteiger partial charge in [-0.15, -0.1) is 11.3 Å². The highest BCUT2D eigenvalue weighted by atomic mass is 35.5. The number of para-hydroxylation sites is 1. The monoisotopic (exact) mass is 573 g/mol. The molecule has 8 nitrogen and oxygen atoms in total. The molecule has 3 aromatic carbocycles. The van der Waals surface area contributed by atoms with Crippen LogP contribution in [0, 0.1) is 0 Å². The van der Waals surface area contributed by atoms with Gasteiger partial charge in [0.25, 0.3) is 11.5 Å². The van der Waals surface area contributed by atoms with Crippen molar-refractivity contribution in [2.24, 2.45) is 7.05 Å². The fourth-order valence-corrected chi connectivity index (χ4v) is 5.24. The van der Waals surface area contributed by atoms with E-state index in [1.54, 1.807) is 61.0 Å². The minimum absolute atomic E-state index is 0.0263. The molecule has 2 heterocycles. The number of ether oxygens (including phenoxy) is 2. The van der Waals surface area contributed by atoms with Crippen LogP contribution in [0.25, 0.3) is 33.2 Å². The predicted molar refractivity (Wildman–Crippen MR) is 157 cm³/mol. The molecule has 5 rings (SSSR count). The highest BCUT2D eigenvalue weighted by molar-refractivity contribution is 7.14. The van der Waals surface area contributed by atoms with Crippen LogP contribution in [0.5, 0.6) is 5.75 Å². The van der Waals surface area contributed by atoms with Gasteiger partial charge in [-0.1, -0.05) is 54.1 Å². The number of amides is 1. The van der Waals surface area contributed by atoms with Gasteiger partial charge in [0, 0.05) is 34.0 Å². The quantitative estimate of drug-likeness (QED) is 0.234. The third-order valence-corrected chi connectivity index (χ3v) is 7.41. The van der Waals surface area contributed by atoms with Crippen molar-refractivity contribution in [3.63, 3.8) is 0 Å². The lowest BCUT2D eigenvalue weighted by Crippen LogP contribution is -2.32. The van der Waals surface area contributed by atoms with Crippen molar-refractivity contribution < 1.29 is 19.1 Å². The Morgan fingerprint density at radius 2 is 1.68 bits per heavy atom. The first-order valence-electron chi connectivity index (χ1n) is 12.3. The van der Waals surface area contributed by atoms with Gasteiger partial charge < -0.3 is 14.0 Å². The Kier molecular flexibility index (Phi) is 7.68. The second kappa shape index (κ2) is 11.3. The number of hydrogen-bond acceptors (Lipinski definition) is 7. The van der Waals surface area contributed by atoms with Crippen molar-refractivity contribution in [1.82, 2.24) is 9.55 Å². The second-order valence-corrected chi connectivity index (χ2v) is 10.2. The predicted octanol–water partition coefficient (Wildman–Crippen LogP) is 6.18. The van der Waals surface area contributed by atoms with Gasteiger partial charge in [-0.05, 0) is 48.2 Å². The molecule has 1 amide bonds. The zero-order valence-corrected chi connectivity index (χ0v) is 23.4. The van der Waals surface area contributed by atoms with Crippen molar-refractivity contribution in [2.45, 2.75) is 13.0 Å². The minimum Gasteiger partial charge on any atom is -0.496 e. The van der Waals surface area contributed by atoms with E-state index in [4.69, 9.17) is 21.1 Å². The number of halogens is 1.